The molecule has 0 aromatic heterocycles. The standard InChI is InChI=1S/C16H29P/c1-2-8-14(9-3-1)17(15-10-4-5-11-15)16-12-6-7-13-16/h14-16H,1-13H2. The highest BCUT2D eigenvalue weighted by atomic mass is 31.1. The Morgan fingerprint density at radius 3 is 1.06 bits per heavy atom. The molecule has 3 fully saturated rings. The lowest BCUT2D eigenvalue weighted by Gasteiger charge is -2.39. The van der Waals surface area contributed by atoms with Crippen LogP contribution in [0.4, 0.5) is 0 Å². The van der Waals surface area contributed by atoms with E-state index in [0.29, 0.717) is 7.92 Å². The summed E-state index contributed by atoms with van der Waals surface area (Å²) < 4.78 is 0. The van der Waals surface area contributed by atoms with Crippen LogP contribution in [0.1, 0.15) is 83.5 Å². The minimum Gasteiger partial charge on any atom is -0.0971 e. The van der Waals surface area contributed by atoms with Crippen molar-refractivity contribution in [1.29, 1.82) is 0 Å². The average Bonchev–Trinajstić information content (AvgIpc) is 3.04. The van der Waals surface area contributed by atoms with Crippen molar-refractivity contribution in [3.8, 4) is 0 Å². The first-order valence-electron chi connectivity index (χ1n) is 8.22. The zero-order valence-electron chi connectivity index (χ0n) is 11.4. The van der Waals surface area contributed by atoms with Crippen LogP contribution in [0.15, 0.2) is 0 Å². The minimum absolute atomic E-state index is 0.419. The zero-order valence-corrected chi connectivity index (χ0v) is 12.3. The van der Waals surface area contributed by atoms with Crippen LogP contribution in [0.2, 0.25) is 0 Å². The maximum absolute atomic E-state index is 1.61. The molecule has 0 bridgehead atoms. The molecule has 0 aromatic carbocycles. The molecule has 98 valence electrons. The maximum atomic E-state index is 1.61. The van der Waals surface area contributed by atoms with Crippen LogP contribution < -0.4 is 0 Å². The van der Waals surface area contributed by atoms with Crippen LogP contribution in [0.25, 0.3) is 0 Å². The third kappa shape index (κ3) is 2.89. The molecule has 3 aliphatic rings. The largest absolute Gasteiger partial charge is 0.0971 e. The molecule has 3 rings (SSSR count). The molecule has 0 atom stereocenters. The van der Waals surface area contributed by atoms with Gasteiger partial charge in [-0.05, 0) is 55.5 Å². The van der Waals surface area contributed by atoms with E-state index in [-0.39, 0.29) is 0 Å². The fraction of sp³-hybridized carbons (Fsp3) is 1.00. The summed E-state index contributed by atoms with van der Waals surface area (Å²) in [4.78, 5) is 0. The van der Waals surface area contributed by atoms with Crippen molar-refractivity contribution >= 4 is 7.92 Å². The molecule has 17 heavy (non-hydrogen) atoms. The van der Waals surface area contributed by atoms with Gasteiger partial charge < -0.3 is 0 Å². The Bertz CT molecular complexity index is 204. The summed E-state index contributed by atoms with van der Waals surface area (Å²) in [7, 11) is 0.419. The molecule has 3 aliphatic carbocycles. The van der Waals surface area contributed by atoms with E-state index in [0.717, 1.165) is 0 Å². The van der Waals surface area contributed by atoms with Crippen molar-refractivity contribution in [2.75, 3.05) is 0 Å². The fourth-order valence-corrected chi connectivity index (χ4v) is 9.35. The van der Waals surface area contributed by atoms with Crippen molar-refractivity contribution in [2.45, 2.75) is 100 Å². The quantitative estimate of drug-likeness (QED) is 0.566. The average molecular weight is 252 g/mol. The van der Waals surface area contributed by atoms with Gasteiger partial charge in [0.15, 0.2) is 0 Å². The van der Waals surface area contributed by atoms with Crippen LogP contribution in [0.5, 0.6) is 0 Å². The van der Waals surface area contributed by atoms with Gasteiger partial charge in [-0.3, -0.25) is 0 Å². The fourth-order valence-electron chi connectivity index (χ4n) is 4.68. The summed E-state index contributed by atoms with van der Waals surface area (Å²) in [6.07, 6.45) is 20.5. The van der Waals surface area contributed by atoms with Gasteiger partial charge in [0, 0.05) is 0 Å². The van der Waals surface area contributed by atoms with Crippen molar-refractivity contribution in [2.24, 2.45) is 0 Å². The lowest BCUT2D eigenvalue weighted by molar-refractivity contribution is 0.505. The van der Waals surface area contributed by atoms with E-state index in [2.05, 4.69) is 0 Å². The second-order valence-electron chi connectivity index (χ2n) is 6.62. The number of hydrogen-bond donors (Lipinski definition) is 0. The molecule has 0 spiro atoms. The van der Waals surface area contributed by atoms with Crippen molar-refractivity contribution in [3.63, 3.8) is 0 Å². The zero-order chi connectivity index (χ0) is 11.5. The van der Waals surface area contributed by atoms with Gasteiger partial charge in [0.05, 0.1) is 0 Å². The second kappa shape index (κ2) is 6.05. The van der Waals surface area contributed by atoms with E-state index < -0.39 is 0 Å². The van der Waals surface area contributed by atoms with E-state index in [1.54, 1.807) is 77.0 Å². The van der Waals surface area contributed by atoms with Gasteiger partial charge in [-0.15, -0.1) is 0 Å². The third-order valence-electron chi connectivity index (χ3n) is 5.49. The normalized spacial score (nSPS) is 29.5. The van der Waals surface area contributed by atoms with Crippen molar-refractivity contribution in [1.82, 2.24) is 0 Å². The molecule has 0 amide bonds. The summed E-state index contributed by atoms with van der Waals surface area (Å²) in [6.45, 7) is 0. The molecule has 3 saturated carbocycles. The SMILES string of the molecule is C1CCC(P(C2CCCC2)C2CCCC2)CC1. The molecule has 0 unspecified atom stereocenters. The number of rotatable bonds is 3. The molecule has 0 heterocycles. The Morgan fingerprint density at radius 1 is 0.412 bits per heavy atom. The van der Waals surface area contributed by atoms with E-state index in [1.165, 1.54) is 23.4 Å². The van der Waals surface area contributed by atoms with Gasteiger partial charge in [-0.1, -0.05) is 52.9 Å². The van der Waals surface area contributed by atoms with Crippen LogP contribution in [-0.4, -0.2) is 17.0 Å². The number of hydrogen-bond acceptors (Lipinski definition) is 0. The van der Waals surface area contributed by atoms with E-state index >= 15 is 0 Å². The van der Waals surface area contributed by atoms with Crippen molar-refractivity contribution < 1.29 is 0 Å². The highest BCUT2D eigenvalue weighted by molar-refractivity contribution is 7.60. The van der Waals surface area contributed by atoms with Gasteiger partial charge in [0.2, 0.25) is 0 Å². The Labute approximate surface area is 109 Å². The predicted octanol–water partition coefficient (Wildman–Crippen LogP) is 5.69. The van der Waals surface area contributed by atoms with Crippen molar-refractivity contribution in [3.05, 3.63) is 0 Å². The summed E-state index contributed by atoms with van der Waals surface area (Å²) in [5, 5.41) is 0. The van der Waals surface area contributed by atoms with Crippen LogP contribution in [-0.2, 0) is 0 Å². The van der Waals surface area contributed by atoms with Crippen LogP contribution in [0, 0.1) is 0 Å². The first kappa shape index (κ1) is 12.5. The van der Waals surface area contributed by atoms with Gasteiger partial charge in [0.1, 0.15) is 0 Å². The van der Waals surface area contributed by atoms with Gasteiger partial charge in [0.25, 0.3) is 0 Å². The molecule has 0 aromatic rings. The van der Waals surface area contributed by atoms with Gasteiger partial charge >= 0.3 is 0 Å². The molecule has 0 aliphatic heterocycles. The molecule has 0 nitrogen and oxygen atoms in total. The predicted molar refractivity (Wildman–Crippen MR) is 78.3 cm³/mol. The topological polar surface area (TPSA) is 0 Å². The summed E-state index contributed by atoms with van der Waals surface area (Å²) in [5.41, 5.74) is 3.61. The lowest BCUT2D eigenvalue weighted by Crippen LogP contribution is -2.22. The molecule has 0 N–H and O–H groups in total. The molecule has 1 heteroatoms. The summed E-state index contributed by atoms with van der Waals surface area (Å²) in [5.74, 6) is 0. The Balaban J connectivity index is 1.69. The molecule has 0 radical (unpaired) electrons. The second-order valence-corrected chi connectivity index (χ2v) is 9.70. The van der Waals surface area contributed by atoms with E-state index in [4.69, 9.17) is 0 Å². The molecule has 0 saturated heterocycles. The Morgan fingerprint density at radius 2 is 0.706 bits per heavy atom. The highest BCUT2D eigenvalue weighted by Crippen LogP contribution is 2.62. The first-order valence-corrected chi connectivity index (χ1v) is 9.77. The molecular formula is C16H29P. The Hall–Kier alpha value is 0.430. The van der Waals surface area contributed by atoms with Crippen LogP contribution >= 0.6 is 7.92 Å². The summed E-state index contributed by atoms with van der Waals surface area (Å²) in [6, 6.07) is 0. The van der Waals surface area contributed by atoms with Gasteiger partial charge in [-0.2, -0.15) is 0 Å². The highest BCUT2D eigenvalue weighted by Gasteiger charge is 2.37. The maximum Gasteiger partial charge on any atom is -0.0204 e. The first-order chi connectivity index (χ1) is 8.45. The monoisotopic (exact) mass is 252 g/mol. The Kier molecular flexibility index (Phi) is 4.43. The van der Waals surface area contributed by atoms with E-state index in [1.807, 2.05) is 0 Å². The molecular weight excluding hydrogens is 223 g/mol. The van der Waals surface area contributed by atoms with E-state index in [9.17, 15) is 0 Å². The van der Waals surface area contributed by atoms with Crippen LogP contribution in [0.3, 0.4) is 0 Å². The minimum atomic E-state index is 0.419. The lowest BCUT2D eigenvalue weighted by atomic mass is 10.0. The smallest absolute Gasteiger partial charge is 0.0204 e. The third-order valence-corrected chi connectivity index (χ3v) is 9.57. The summed E-state index contributed by atoms with van der Waals surface area (Å²) >= 11 is 0. The van der Waals surface area contributed by atoms with Gasteiger partial charge in [-0.25, -0.2) is 0 Å².